The van der Waals surface area contributed by atoms with Gasteiger partial charge in [0.15, 0.2) is 0 Å². The third-order valence-electron chi connectivity index (χ3n) is 2.66. The van der Waals surface area contributed by atoms with E-state index in [9.17, 15) is 0 Å². The summed E-state index contributed by atoms with van der Waals surface area (Å²) in [5.41, 5.74) is 3.26. The van der Waals surface area contributed by atoms with Gasteiger partial charge in [-0.15, -0.1) is 0 Å². The van der Waals surface area contributed by atoms with Crippen molar-refractivity contribution in [3.05, 3.63) is 64.7 Å². The van der Waals surface area contributed by atoms with Crippen molar-refractivity contribution in [3.8, 4) is 0 Å². The summed E-state index contributed by atoms with van der Waals surface area (Å²) < 4.78 is 0. The molecular formula is C14H15ClN2. The first-order valence-electron chi connectivity index (χ1n) is 5.49. The number of anilines is 1. The normalized spacial score (nSPS) is 10.3. The van der Waals surface area contributed by atoms with Gasteiger partial charge in [-0.05, 0) is 36.2 Å². The van der Waals surface area contributed by atoms with Crippen LogP contribution >= 0.6 is 11.6 Å². The lowest BCUT2D eigenvalue weighted by atomic mass is 10.1. The van der Waals surface area contributed by atoms with E-state index < -0.39 is 0 Å². The van der Waals surface area contributed by atoms with Gasteiger partial charge in [0.25, 0.3) is 0 Å². The number of aryl methyl sites for hydroxylation is 1. The Hall–Kier alpha value is -1.51. The van der Waals surface area contributed by atoms with Crippen LogP contribution in [0.3, 0.4) is 0 Å². The van der Waals surface area contributed by atoms with Crippen LogP contribution in [-0.2, 0) is 6.54 Å². The number of halogens is 1. The summed E-state index contributed by atoms with van der Waals surface area (Å²) in [7, 11) is 0. The summed E-state index contributed by atoms with van der Waals surface area (Å²) in [6.45, 7) is 2.69. The Morgan fingerprint density at radius 1 is 1.12 bits per heavy atom. The number of hydrazine groups is 1. The van der Waals surface area contributed by atoms with Gasteiger partial charge < -0.3 is 5.01 Å². The molecule has 0 saturated carbocycles. The third kappa shape index (κ3) is 2.99. The molecule has 17 heavy (non-hydrogen) atoms. The van der Waals surface area contributed by atoms with Crippen molar-refractivity contribution >= 4 is 17.3 Å². The molecule has 2 rings (SSSR count). The molecule has 0 aliphatic carbocycles. The highest BCUT2D eigenvalue weighted by Crippen LogP contribution is 2.22. The van der Waals surface area contributed by atoms with Crippen LogP contribution in [0, 0.1) is 6.92 Å². The van der Waals surface area contributed by atoms with Crippen molar-refractivity contribution in [1.82, 2.24) is 0 Å². The molecule has 0 aliphatic rings. The summed E-state index contributed by atoms with van der Waals surface area (Å²) in [5.74, 6) is 6.07. The number of hydrogen-bond acceptors (Lipinski definition) is 2. The molecule has 2 aromatic rings. The maximum Gasteiger partial charge on any atom is 0.0592 e. The summed E-state index contributed by atoms with van der Waals surface area (Å²) in [6, 6.07) is 15.9. The van der Waals surface area contributed by atoms with E-state index in [2.05, 4.69) is 12.1 Å². The lowest BCUT2D eigenvalue weighted by Crippen LogP contribution is -2.30. The Kier molecular flexibility index (Phi) is 3.67. The zero-order chi connectivity index (χ0) is 12.3. The second-order valence-corrected chi connectivity index (χ2v) is 4.48. The Morgan fingerprint density at radius 3 is 2.47 bits per heavy atom. The van der Waals surface area contributed by atoms with E-state index in [-0.39, 0.29) is 0 Å². The standard InChI is InChI=1S/C14H15ClN2/c1-11-9-13(15)7-8-14(11)17(16)10-12-5-3-2-4-6-12/h2-9H,10,16H2,1H3. The van der Waals surface area contributed by atoms with Gasteiger partial charge in [0.05, 0.1) is 12.2 Å². The van der Waals surface area contributed by atoms with E-state index in [1.165, 1.54) is 5.56 Å². The summed E-state index contributed by atoms with van der Waals surface area (Å²) in [6.07, 6.45) is 0. The molecule has 0 saturated heterocycles. The number of rotatable bonds is 3. The Balaban J connectivity index is 2.17. The molecule has 2 nitrogen and oxygen atoms in total. The molecule has 0 heterocycles. The van der Waals surface area contributed by atoms with Crippen LogP contribution < -0.4 is 10.9 Å². The van der Waals surface area contributed by atoms with E-state index in [1.807, 2.05) is 43.3 Å². The lowest BCUT2D eigenvalue weighted by Gasteiger charge is -2.21. The molecule has 0 aliphatic heterocycles. The van der Waals surface area contributed by atoms with Gasteiger partial charge >= 0.3 is 0 Å². The molecule has 0 spiro atoms. The maximum atomic E-state index is 6.07. The molecule has 0 radical (unpaired) electrons. The van der Waals surface area contributed by atoms with Crippen molar-refractivity contribution in [1.29, 1.82) is 0 Å². The van der Waals surface area contributed by atoms with E-state index in [0.29, 0.717) is 6.54 Å². The minimum atomic E-state index is 0.684. The fraction of sp³-hybridized carbons (Fsp3) is 0.143. The lowest BCUT2D eigenvalue weighted by molar-refractivity contribution is 0.848. The van der Waals surface area contributed by atoms with Crippen LogP contribution in [0.5, 0.6) is 0 Å². The molecule has 88 valence electrons. The molecule has 3 heteroatoms. The van der Waals surface area contributed by atoms with Crippen LogP contribution in [0.4, 0.5) is 5.69 Å². The van der Waals surface area contributed by atoms with Gasteiger partial charge in [-0.3, -0.25) is 0 Å². The van der Waals surface area contributed by atoms with Gasteiger partial charge in [0, 0.05) is 5.02 Å². The number of benzene rings is 2. The number of nitrogens with zero attached hydrogens (tertiary/aromatic N) is 1. The molecule has 0 bridgehead atoms. The third-order valence-corrected chi connectivity index (χ3v) is 2.90. The van der Waals surface area contributed by atoms with E-state index in [0.717, 1.165) is 16.3 Å². The fourth-order valence-corrected chi connectivity index (χ4v) is 2.03. The van der Waals surface area contributed by atoms with Gasteiger partial charge in [-0.25, -0.2) is 5.84 Å². The average molecular weight is 247 g/mol. The summed E-state index contributed by atoms with van der Waals surface area (Å²) >= 11 is 5.92. The van der Waals surface area contributed by atoms with Gasteiger partial charge in [0.1, 0.15) is 0 Å². The van der Waals surface area contributed by atoms with Crippen molar-refractivity contribution in [2.24, 2.45) is 5.84 Å². The predicted molar refractivity (Wildman–Crippen MR) is 73.0 cm³/mol. The van der Waals surface area contributed by atoms with E-state index in [4.69, 9.17) is 17.4 Å². The number of hydrogen-bond donors (Lipinski definition) is 1. The summed E-state index contributed by atoms with van der Waals surface area (Å²) in [5, 5.41) is 2.47. The van der Waals surface area contributed by atoms with E-state index in [1.54, 1.807) is 5.01 Å². The molecule has 0 fully saturated rings. The Bertz CT molecular complexity index is 497. The second-order valence-electron chi connectivity index (χ2n) is 4.04. The fourth-order valence-electron chi connectivity index (χ4n) is 1.81. The largest absolute Gasteiger partial charge is 0.306 e. The zero-order valence-electron chi connectivity index (χ0n) is 9.73. The molecule has 2 aromatic carbocycles. The van der Waals surface area contributed by atoms with Crippen LogP contribution in [0.1, 0.15) is 11.1 Å². The van der Waals surface area contributed by atoms with Crippen LogP contribution in [-0.4, -0.2) is 0 Å². The monoisotopic (exact) mass is 246 g/mol. The molecular weight excluding hydrogens is 232 g/mol. The van der Waals surface area contributed by atoms with Gasteiger partial charge in [0.2, 0.25) is 0 Å². The first-order valence-corrected chi connectivity index (χ1v) is 5.87. The predicted octanol–water partition coefficient (Wildman–Crippen LogP) is 3.53. The topological polar surface area (TPSA) is 29.3 Å². The molecule has 0 aromatic heterocycles. The van der Waals surface area contributed by atoms with Crippen molar-refractivity contribution in [2.45, 2.75) is 13.5 Å². The number of nitrogens with two attached hydrogens (primary N) is 1. The molecule has 2 N–H and O–H groups in total. The quantitative estimate of drug-likeness (QED) is 0.663. The van der Waals surface area contributed by atoms with Crippen molar-refractivity contribution in [3.63, 3.8) is 0 Å². The Morgan fingerprint density at radius 2 is 1.82 bits per heavy atom. The van der Waals surface area contributed by atoms with Gasteiger partial charge in [-0.2, -0.15) is 0 Å². The molecule has 0 unspecified atom stereocenters. The highest BCUT2D eigenvalue weighted by Gasteiger charge is 2.06. The van der Waals surface area contributed by atoms with Crippen LogP contribution in [0.15, 0.2) is 48.5 Å². The minimum absolute atomic E-state index is 0.684. The minimum Gasteiger partial charge on any atom is -0.306 e. The average Bonchev–Trinajstić information content (AvgIpc) is 2.30. The molecule has 0 amide bonds. The highest BCUT2D eigenvalue weighted by molar-refractivity contribution is 6.30. The first kappa shape index (κ1) is 12.0. The Labute approximate surface area is 107 Å². The van der Waals surface area contributed by atoms with Gasteiger partial charge in [-0.1, -0.05) is 41.9 Å². The van der Waals surface area contributed by atoms with Crippen molar-refractivity contribution in [2.75, 3.05) is 5.01 Å². The van der Waals surface area contributed by atoms with E-state index >= 15 is 0 Å². The summed E-state index contributed by atoms with van der Waals surface area (Å²) in [4.78, 5) is 0. The highest BCUT2D eigenvalue weighted by atomic mass is 35.5. The first-order chi connectivity index (χ1) is 8.16. The molecule has 0 atom stereocenters. The smallest absolute Gasteiger partial charge is 0.0592 e. The van der Waals surface area contributed by atoms with Crippen molar-refractivity contribution < 1.29 is 0 Å². The van der Waals surface area contributed by atoms with Crippen LogP contribution in [0.25, 0.3) is 0 Å². The SMILES string of the molecule is Cc1cc(Cl)ccc1N(N)Cc1ccccc1. The zero-order valence-corrected chi connectivity index (χ0v) is 10.5. The maximum absolute atomic E-state index is 6.07. The second kappa shape index (κ2) is 5.21. The van der Waals surface area contributed by atoms with Crippen LogP contribution in [0.2, 0.25) is 5.02 Å².